The Morgan fingerprint density at radius 3 is 2.31 bits per heavy atom. The van der Waals surface area contributed by atoms with E-state index in [1.54, 1.807) is 6.07 Å². The molecule has 1 saturated heterocycles. The van der Waals surface area contributed by atoms with Crippen molar-refractivity contribution in [2.24, 2.45) is 0 Å². The van der Waals surface area contributed by atoms with Crippen molar-refractivity contribution >= 4 is 21.6 Å². The molecular formula is C19H22ClNO4S. The van der Waals surface area contributed by atoms with E-state index in [1.165, 1.54) is 29.1 Å². The third kappa shape index (κ3) is 4.14. The molecule has 5 nitrogen and oxygen atoms in total. The minimum Gasteiger partial charge on any atom is -0.495 e. The SMILES string of the molecule is COc1ccc(S(=O)(=O)N2CCC(Oc3ccc(C)cc3)CC2)cc1Cl. The zero-order chi connectivity index (χ0) is 18.7. The van der Waals surface area contributed by atoms with Crippen LogP contribution in [0.1, 0.15) is 18.4 Å². The predicted molar refractivity (Wildman–Crippen MR) is 102 cm³/mol. The van der Waals surface area contributed by atoms with Crippen molar-refractivity contribution in [1.82, 2.24) is 4.31 Å². The average Bonchev–Trinajstić information content (AvgIpc) is 2.64. The van der Waals surface area contributed by atoms with Gasteiger partial charge >= 0.3 is 0 Å². The lowest BCUT2D eigenvalue weighted by atomic mass is 10.1. The van der Waals surface area contributed by atoms with Crippen molar-refractivity contribution in [3.63, 3.8) is 0 Å². The minimum absolute atomic E-state index is 0.0172. The topological polar surface area (TPSA) is 55.8 Å². The largest absolute Gasteiger partial charge is 0.495 e. The Hall–Kier alpha value is -1.76. The Bertz CT molecular complexity index is 860. The van der Waals surface area contributed by atoms with Crippen molar-refractivity contribution in [1.29, 1.82) is 0 Å². The van der Waals surface area contributed by atoms with E-state index in [0.29, 0.717) is 31.7 Å². The number of ether oxygens (including phenoxy) is 2. The number of rotatable bonds is 5. The third-order valence-corrected chi connectivity index (χ3v) is 6.68. The van der Waals surface area contributed by atoms with Crippen LogP contribution < -0.4 is 9.47 Å². The molecule has 7 heteroatoms. The van der Waals surface area contributed by atoms with Gasteiger partial charge in [-0.05, 0) is 50.1 Å². The van der Waals surface area contributed by atoms with Crippen molar-refractivity contribution in [2.45, 2.75) is 30.8 Å². The van der Waals surface area contributed by atoms with Crippen LogP contribution >= 0.6 is 11.6 Å². The van der Waals surface area contributed by atoms with Gasteiger partial charge in [-0.2, -0.15) is 4.31 Å². The van der Waals surface area contributed by atoms with Crippen molar-refractivity contribution in [3.05, 3.63) is 53.1 Å². The summed E-state index contributed by atoms with van der Waals surface area (Å²) in [5.41, 5.74) is 1.18. The summed E-state index contributed by atoms with van der Waals surface area (Å²) in [6.45, 7) is 2.86. The van der Waals surface area contributed by atoms with Crippen molar-refractivity contribution in [2.75, 3.05) is 20.2 Å². The van der Waals surface area contributed by atoms with Gasteiger partial charge in [0.1, 0.15) is 17.6 Å². The molecule has 0 spiro atoms. The van der Waals surface area contributed by atoms with Gasteiger partial charge in [-0.1, -0.05) is 29.3 Å². The summed E-state index contributed by atoms with van der Waals surface area (Å²) in [7, 11) is -2.08. The van der Waals surface area contributed by atoms with Gasteiger partial charge in [-0.15, -0.1) is 0 Å². The van der Waals surface area contributed by atoms with E-state index < -0.39 is 10.0 Å². The molecule has 140 valence electrons. The summed E-state index contributed by atoms with van der Waals surface area (Å²) in [4.78, 5) is 0.182. The third-order valence-electron chi connectivity index (χ3n) is 4.49. The Morgan fingerprint density at radius 1 is 1.08 bits per heavy atom. The minimum atomic E-state index is -3.57. The lowest BCUT2D eigenvalue weighted by molar-refractivity contribution is 0.135. The summed E-state index contributed by atoms with van der Waals surface area (Å²) in [6.07, 6.45) is 1.32. The van der Waals surface area contributed by atoms with Crippen LogP contribution in [0.4, 0.5) is 0 Å². The second-order valence-electron chi connectivity index (χ2n) is 6.33. The number of benzene rings is 2. The number of nitrogens with zero attached hydrogens (tertiary/aromatic N) is 1. The van der Waals surface area contributed by atoms with E-state index in [2.05, 4.69) is 0 Å². The Morgan fingerprint density at radius 2 is 1.73 bits per heavy atom. The fourth-order valence-corrected chi connectivity index (χ4v) is 4.78. The van der Waals surface area contributed by atoms with Gasteiger partial charge in [0.15, 0.2) is 0 Å². The zero-order valence-corrected chi connectivity index (χ0v) is 16.4. The molecule has 3 rings (SSSR count). The molecule has 0 bridgehead atoms. The number of sulfonamides is 1. The Labute approximate surface area is 159 Å². The molecule has 0 amide bonds. The molecule has 0 saturated carbocycles. The molecule has 0 atom stereocenters. The highest BCUT2D eigenvalue weighted by Crippen LogP contribution is 2.30. The van der Waals surface area contributed by atoms with Crippen LogP contribution in [0.5, 0.6) is 11.5 Å². The van der Waals surface area contributed by atoms with Gasteiger partial charge in [-0.25, -0.2) is 8.42 Å². The molecule has 26 heavy (non-hydrogen) atoms. The molecule has 0 N–H and O–H groups in total. The number of halogens is 1. The number of methoxy groups -OCH3 is 1. The smallest absolute Gasteiger partial charge is 0.243 e. The maximum Gasteiger partial charge on any atom is 0.243 e. The molecule has 1 fully saturated rings. The Balaban J connectivity index is 1.65. The van der Waals surface area contributed by atoms with Crippen molar-refractivity contribution in [3.8, 4) is 11.5 Å². The molecule has 1 aliphatic rings. The molecule has 0 unspecified atom stereocenters. The maximum atomic E-state index is 12.8. The van der Waals surface area contributed by atoms with E-state index in [0.717, 1.165) is 5.75 Å². The van der Waals surface area contributed by atoms with Crippen LogP contribution in [0.3, 0.4) is 0 Å². The normalized spacial score (nSPS) is 16.4. The van der Waals surface area contributed by atoms with Crippen LogP contribution in [0.25, 0.3) is 0 Å². The summed E-state index contributed by atoms with van der Waals surface area (Å²) in [5.74, 6) is 1.27. The maximum absolute atomic E-state index is 12.8. The molecule has 0 aliphatic carbocycles. The van der Waals surface area contributed by atoms with Gasteiger partial charge in [0, 0.05) is 13.1 Å². The van der Waals surface area contributed by atoms with E-state index in [9.17, 15) is 8.42 Å². The molecule has 0 aromatic heterocycles. The van der Waals surface area contributed by atoms with Gasteiger partial charge in [0.05, 0.1) is 17.0 Å². The van der Waals surface area contributed by atoms with Gasteiger partial charge in [-0.3, -0.25) is 0 Å². The van der Waals surface area contributed by atoms with Crippen molar-refractivity contribution < 1.29 is 17.9 Å². The quantitative estimate of drug-likeness (QED) is 0.770. The predicted octanol–water partition coefficient (Wildman–Crippen LogP) is 3.89. The fraction of sp³-hybridized carbons (Fsp3) is 0.368. The number of hydrogen-bond acceptors (Lipinski definition) is 4. The summed E-state index contributed by atoms with van der Waals surface area (Å²) >= 11 is 6.07. The van der Waals surface area contributed by atoms with Gasteiger partial charge in [0.25, 0.3) is 0 Å². The van der Waals surface area contributed by atoms with Gasteiger partial charge < -0.3 is 9.47 Å². The molecular weight excluding hydrogens is 374 g/mol. The highest BCUT2D eigenvalue weighted by molar-refractivity contribution is 7.89. The van der Waals surface area contributed by atoms with Crippen LogP contribution in [-0.4, -0.2) is 39.0 Å². The first kappa shape index (κ1) is 19.0. The number of aryl methyl sites for hydroxylation is 1. The van der Waals surface area contributed by atoms with Crippen LogP contribution in [0.15, 0.2) is 47.4 Å². The number of hydrogen-bond donors (Lipinski definition) is 0. The second-order valence-corrected chi connectivity index (χ2v) is 8.68. The van der Waals surface area contributed by atoms with E-state index >= 15 is 0 Å². The van der Waals surface area contributed by atoms with E-state index in [-0.39, 0.29) is 16.0 Å². The molecule has 0 radical (unpaired) electrons. The standard InChI is InChI=1S/C19H22ClNO4S/c1-14-3-5-15(6-4-14)25-16-9-11-21(12-10-16)26(22,23)17-7-8-19(24-2)18(20)13-17/h3-8,13,16H,9-12H2,1-2H3. The second kappa shape index (κ2) is 7.86. The monoisotopic (exact) mass is 395 g/mol. The molecule has 2 aromatic carbocycles. The van der Waals surface area contributed by atoms with Crippen LogP contribution in [0, 0.1) is 6.92 Å². The lowest BCUT2D eigenvalue weighted by Crippen LogP contribution is -2.41. The lowest BCUT2D eigenvalue weighted by Gasteiger charge is -2.31. The first-order valence-electron chi connectivity index (χ1n) is 8.47. The highest BCUT2D eigenvalue weighted by atomic mass is 35.5. The fourth-order valence-electron chi connectivity index (χ4n) is 2.96. The summed E-state index contributed by atoms with van der Waals surface area (Å²) in [5, 5.41) is 0.283. The van der Waals surface area contributed by atoms with E-state index in [1.807, 2.05) is 31.2 Å². The average molecular weight is 396 g/mol. The molecule has 2 aromatic rings. The first-order valence-corrected chi connectivity index (χ1v) is 10.3. The molecule has 1 heterocycles. The molecule has 1 aliphatic heterocycles. The zero-order valence-electron chi connectivity index (χ0n) is 14.8. The summed E-state index contributed by atoms with van der Waals surface area (Å²) in [6, 6.07) is 12.4. The van der Waals surface area contributed by atoms with Crippen LogP contribution in [-0.2, 0) is 10.0 Å². The van der Waals surface area contributed by atoms with Crippen LogP contribution in [0.2, 0.25) is 5.02 Å². The highest BCUT2D eigenvalue weighted by Gasteiger charge is 2.30. The first-order chi connectivity index (χ1) is 12.4. The summed E-state index contributed by atoms with van der Waals surface area (Å²) < 4.78 is 38.2. The number of piperidine rings is 1. The Kier molecular flexibility index (Phi) is 5.75. The van der Waals surface area contributed by atoms with Gasteiger partial charge in [0.2, 0.25) is 10.0 Å². The van der Waals surface area contributed by atoms with E-state index in [4.69, 9.17) is 21.1 Å².